The zero-order valence-corrected chi connectivity index (χ0v) is 16.9. The number of hydrogen-bond acceptors (Lipinski definition) is 3. The van der Waals surface area contributed by atoms with Crippen molar-refractivity contribution in [3.8, 4) is 0 Å². The van der Waals surface area contributed by atoms with Gasteiger partial charge in [0.2, 0.25) is 11.8 Å². The molecule has 3 rings (SSSR count). The third-order valence-electron chi connectivity index (χ3n) is 4.65. The number of rotatable bonds is 10. The number of aryl methyl sites for hydroxylation is 1. The van der Waals surface area contributed by atoms with Crippen LogP contribution in [0.2, 0.25) is 0 Å². The Morgan fingerprint density at radius 2 is 1.10 bits per heavy atom. The molecule has 0 aliphatic carbocycles. The van der Waals surface area contributed by atoms with Gasteiger partial charge in [-0.05, 0) is 54.8 Å². The monoisotopic (exact) mass is 401 g/mol. The Bertz CT molecular complexity index is 926. The highest BCUT2D eigenvalue weighted by atomic mass is 16.2. The molecule has 5 nitrogen and oxygen atoms in total. The molecular weight excluding hydrogens is 374 g/mol. The van der Waals surface area contributed by atoms with Crippen LogP contribution in [0, 0.1) is 0 Å². The molecule has 0 saturated heterocycles. The molecule has 0 aliphatic rings. The fourth-order valence-corrected chi connectivity index (χ4v) is 3.05. The quantitative estimate of drug-likeness (QED) is 0.449. The lowest BCUT2D eigenvalue weighted by molar-refractivity contribution is -0.116. The van der Waals surface area contributed by atoms with Gasteiger partial charge < -0.3 is 16.0 Å². The van der Waals surface area contributed by atoms with Crippen LogP contribution in [0.15, 0.2) is 84.9 Å². The van der Waals surface area contributed by atoms with Crippen molar-refractivity contribution in [2.24, 2.45) is 0 Å². The van der Waals surface area contributed by atoms with E-state index in [1.807, 2.05) is 48.5 Å². The largest absolute Gasteiger partial charge is 0.326 e. The molecule has 0 fully saturated rings. The molecule has 0 saturated carbocycles. The number of anilines is 2. The number of carbonyl (C=O) groups is 2. The van der Waals surface area contributed by atoms with Crippen LogP contribution in [0.3, 0.4) is 0 Å². The molecule has 0 aromatic heterocycles. The van der Waals surface area contributed by atoms with E-state index in [0.717, 1.165) is 18.5 Å². The zero-order chi connectivity index (χ0) is 21.0. The summed E-state index contributed by atoms with van der Waals surface area (Å²) >= 11 is 0. The predicted octanol–water partition coefficient (Wildman–Crippen LogP) is 4.03. The molecule has 0 heterocycles. The van der Waals surface area contributed by atoms with Crippen LogP contribution in [-0.4, -0.2) is 24.9 Å². The third-order valence-corrected chi connectivity index (χ3v) is 4.65. The highest BCUT2D eigenvalue weighted by Gasteiger charge is 2.05. The predicted molar refractivity (Wildman–Crippen MR) is 121 cm³/mol. The van der Waals surface area contributed by atoms with E-state index in [9.17, 15) is 9.59 Å². The van der Waals surface area contributed by atoms with E-state index in [2.05, 4.69) is 28.1 Å². The van der Waals surface area contributed by atoms with Crippen LogP contribution in [0.4, 0.5) is 11.4 Å². The lowest BCUT2D eigenvalue weighted by Crippen LogP contribution is -2.29. The molecule has 0 aliphatic heterocycles. The van der Waals surface area contributed by atoms with Gasteiger partial charge in [-0.1, -0.05) is 60.7 Å². The molecule has 3 aromatic rings. The van der Waals surface area contributed by atoms with Gasteiger partial charge in [0.1, 0.15) is 0 Å². The second-order valence-corrected chi connectivity index (χ2v) is 7.07. The molecule has 0 atom stereocenters. The van der Waals surface area contributed by atoms with Gasteiger partial charge in [-0.15, -0.1) is 0 Å². The number of benzene rings is 3. The van der Waals surface area contributed by atoms with E-state index < -0.39 is 0 Å². The van der Waals surface area contributed by atoms with Gasteiger partial charge >= 0.3 is 0 Å². The van der Waals surface area contributed by atoms with Crippen molar-refractivity contribution in [1.82, 2.24) is 5.32 Å². The average Bonchev–Trinajstić information content (AvgIpc) is 2.78. The lowest BCUT2D eigenvalue weighted by atomic mass is 10.1. The Morgan fingerprint density at radius 3 is 1.67 bits per heavy atom. The molecule has 3 N–H and O–H groups in total. The summed E-state index contributed by atoms with van der Waals surface area (Å²) in [6, 6.07) is 27.3. The van der Waals surface area contributed by atoms with Crippen molar-refractivity contribution in [3.63, 3.8) is 0 Å². The second-order valence-electron chi connectivity index (χ2n) is 7.07. The normalized spacial score (nSPS) is 10.4. The minimum atomic E-state index is -0.0947. The molecule has 2 amide bonds. The van der Waals surface area contributed by atoms with Gasteiger partial charge in [-0.3, -0.25) is 9.59 Å². The van der Waals surface area contributed by atoms with Crippen LogP contribution < -0.4 is 16.0 Å². The zero-order valence-electron chi connectivity index (χ0n) is 16.9. The van der Waals surface area contributed by atoms with Gasteiger partial charge in [0, 0.05) is 17.8 Å². The van der Waals surface area contributed by atoms with Crippen LogP contribution in [0.5, 0.6) is 0 Å². The fraction of sp³-hybridized carbons (Fsp3) is 0.200. The SMILES string of the molecule is O=C(CCc1ccccc1)Nc1ccc(NC(=O)CNCCc2ccccc2)cc1. The summed E-state index contributed by atoms with van der Waals surface area (Å²) in [4.78, 5) is 24.2. The Hall–Kier alpha value is -3.44. The van der Waals surface area contributed by atoms with Crippen LogP contribution in [0.25, 0.3) is 0 Å². The van der Waals surface area contributed by atoms with Crippen molar-refractivity contribution in [2.45, 2.75) is 19.3 Å². The van der Waals surface area contributed by atoms with Crippen LogP contribution >= 0.6 is 0 Å². The Balaban J connectivity index is 1.35. The highest BCUT2D eigenvalue weighted by molar-refractivity contribution is 5.93. The van der Waals surface area contributed by atoms with Gasteiger partial charge in [0.25, 0.3) is 0 Å². The first-order valence-electron chi connectivity index (χ1n) is 10.2. The molecular formula is C25H27N3O2. The van der Waals surface area contributed by atoms with Gasteiger partial charge in [0.15, 0.2) is 0 Å². The smallest absolute Gasteiger partial charge is 0.238 e. The van der Waals surface area contributed by atoms with E-state index in [1.54, 1.807) is 24.3 Å². The van der Waals surface area contributed by atoms with E-state index in [-0.39, 0.29) is 18.4 Å². The molecule has 0 spiro atoms. The van der Waals surface area contributed by atoms with E-state index in [1.165, 1.54) is 5.56 Å². The van der Waals surface area contributed by atoms with Crippen LogP contribution in [-0.2, 0) is 22.4 Å². The first-order valence-corrected chi connectivity index (χ1v) is 10.2. The minimum Gasteiger partial charge on any atom is -0.326 e. The van der Waals surface area contributed by atoms with E-state index in [0.29, 0.717) is 24.2 Å². The summed E-state index contributed by atoms with van der Waals surface area (Å²) in [5.74, 6) is -0.124. The maximum atomic E-state index is 12.1. The Kier molecular flexibility index (Phi) is 8.18. The van der Waals surface area contributed by atoms with Crippen molar-refractivity contribution in [2.75, 3.05) is 23.7 Å². The summed E-state index contributed by atoms with van der Waals surface area (Å²) in [5, 5.41) is 8.89. The molecule has 30 heavy (non-hydrogen) atoms. The van der Waals surface area contributed by atoms with Gasteiger partial charge in [-0.2, -0.15) is 0 Å². The molecule has 0 unspecified atom stereocenters. The maximum absolute atomic E-state index is 12.1. The first kappa shape index (κ1) is 21.3. The molecule has 0 radical (unpaired) electrons. The topological polar surface area (TPSA) is 70.2 Å². The minimum absolute atomic E-state index is 0.0294. The fourth-order valence-electron chi connectivity index (χ4n) is 3.05. The summed E-state index contributed by atoms with van der Waals surface area (Å²) < 4.78 is 0. The molecule has 5 heteroatoms. The molecule has 0 bridgehead atoms. The van der Waals surface area contributed by atoms with Crippen LogP contribution in [0.1, 0.15) is 17.5 Å². The van der Waals surface area contributed by atoms with Crippen molar-refractivity contribution < 1.29 is 9.59 Å². The summed E-state index contributed by atoms with van der Waals surface area (Å²) in [5.41, 5.74) is 3.80. The average molecular weight is 402 g/mol. The van der Waals surface area contributed by atoms with E-state index in [4.69, 9.17) is 0 Å². The number of amides is 2. The number of nitrogens with one attached hydrogen (secondary N) is 3. The van der Waals surface area contributed by atoms with Crippen molar-refractivity contribution >= 4 is 23.2 Å². The van der Waals surface area contributed by atoms with Crippen molar-refractivity contribution in [1.29, 1.82) is 0 Å². The summed E-state index contributed by atoms with van der Waals surface area (Å²) in [6.45, 7) is 0.996. The van der Waals surface area contributed by atoms with E-state index >= 15 is 0 Å². The van der Waals surface area contributed by atoms with Gasteiger partial charge in [-0.25, -0.2) is 0 Å². The second kappa shape index (κ2) is 11.5. The first-order chi connectivity index (χ1) is 14.7. The summed E-state index contributed by atoms with van der Waals surface area (Å²) in [7, 11) is 0. The summed E-state index contributed by atoms with van der Waals surface area (Å²) in [6.07, 6.45) is 2.02. The maximum Gasteiger partial charge on any atom is 0.238 e. The third kappa shape index (κ3) is 7.53. The highest BCUT2D eigenvalue weighted by Crippen LogP contribution is 2.14. The Labute approximate surface area is 177 Å². The number of carbonyl (C=O) groups excluding carboxylic acids is 2. The Morgan fingerprint density at radius 1 is 0.600 bits per heavy atom. The number of hydrogen-bond donors (Lipinski definition) is 3. The standard InChI is InChI=1S/C25H27N3O2/c29-24(16-11-20-7-3-1-4-8-20)27-22-12-14-23(15-13-22)28-25(30)19-26-18-17-21-9-5-2-6-10-21/h1-10,12-15,26H,11,16-19H2,(H,27,29)(H,28,30). The molecule has 154 valence electrons. The lowest BCUT2D eigenvalue weighted by Gasteiger charge is -2.09. The molecule has 3 aromatic carbocycles. The van der Waals surface area contributed by atoms with Gasteiger partial charge in [0.05, 0.1) is 6.54 Å². The van der Waals surface area contributed by atoms with Crippen molar-refractivity contribution in [3.05, 3.63) is 96.1 Å².